The lowest BCUT2D eigenvalue weighted by Gasteiger charge is -2.02. The normalized spacial score (nSPS) is 11.0. The molecule has 0 fully saturated rings. The van der Waals surface area contributed by atoms with Crippen LogP contribution in [0.5, 0.6) is 0 Å². The second kappa shape index (κ2) is 7.82. The van der Waals surface area contributed by atoms with E-state index >= 15 is 0 Å². The molecule has 29 heavy (non-hydrogen) atoms. The van der Waals surface area contributed by atoms with Gasteiger partial charge in [0, 0.05) is 11.3 Å². The SMILES string of the molecule is O=C(O)c1ccc(/C=C/C(=O)c2ccc(Nc3nc4ccccc4o3)cc2)cc1. The Bertz CT molecular complexity index is 1170. The number of carbonyl (C=O) groups is 2. The second-order valence-electron chi connectivity index (χ2n) is 6.31. The molecule has 2 N–H and O–H groups in total. The third-order valence-electron chi connectivity index (χ3n) is 4.30. The molecule has 0 radical (unpaired) electrons. The number of rotatable bonds is 6. The first-order valence-corrected chi connectivity index (χ1v) is 8.87. The Labute approximate surface area is 166 Å². The van der Waals surface area contributed by atoms with Crippen LogP contribution < -0.4 is 5.32 Å². The molecular formula is C23H16N2O4. The first-order chi connectivity index (χ1) is 14.1. The molecule has 0 amide bonds. The van der Waals surface area contributed by atoms with Crippen LogP contribution >= 0.6 is 0 Å². The predicted octanol–water partition coefficient (Wildman–Crippen LogP) is 5.17. The number of allylic oxidation sites excluding steroid dienone is 1. The number of aromatic carboxylic acids is 1. The van der Waals surface area contributed by atoms with Crippen LogP contribution in [0.2, 0.25) is 0 Å². The number of carboxylic acids is 1. The monoisotopic (exact) mass is 384 g/mol. The molecule has 1 heterocycles. The molecule has 0 saturated heterocycles. The molecule has 4 rings (SSSR count). The molecule has 0 saturated carbocycles. The quantitative estimate of drug-likeness (QED) is 0.352. The highest BCUT2D eigenvalue weighted by Crippen LogP contribution is 2.22. The predicted molar refractivity (Wildman–Crippen MR) is 110 cm³/mol. The van der Waals surface area contributed by atoms with E-state index in [2.05, 4.69) is 10.3 Å². The van der Waals surface area contributed by atoms with E-state index in [-0.39, 0.29) is 11.3 Å². The Kier molecular flexibility index (Phi) is 4.90. The van der Waals surface area contributed by atoms with Gasteiger partial charge in [-0.3, -0.25) is 4.79 Å². The summed E-state index contributed by atoms with van der Waals surface area (Å²) in [4.78, 5) is 27.6. The van der Waals surface area contributed by atoms with Crippen LogP contribution in [0.1, 0.15) is 26.3 Å². The number of oxazole rings is 1. The summed E-state index contributed by atoms with van der Waals surface area (Å²) in [6, 6.07) is 21.2. The summed E-state index contributed by atoms with van der Waals surface area (Å²) < 4.78 is 5.62. The molecule has 4 aromatic rings. The number of aromatic nitrogens is 1. The molecular weight excluding hydrogens is 368 g/mol. The number of hydrogen-bond donors (Lipinski definition) is 2. The summed E-state index contributed by atoms with van der Waals surface area (Å²) in [6.45, 7) is 0. The standard InChI is InChI=1S/C23H16N2O4/c26-20(14-7-15-5-8-17(9-6-15)22(27)28)16-10-12-18(13-11-16)24-23-25-19-3-1-2-4-21(19)29-23/h1-14H,(H,24,25)(H,27,28)/b14-7+. The molecule has 3 aromatic carbocycles. The van der Waals surface area contributed by atoms with E-state index < -0.39 is 5.97 Å². The number of benzene rings is 3. The summed E-state index contributed by atoms with van der Waals surface area (Å²) in [5, 5.41) is 12.0. The first-order valence-electron chi connectivity index (χ1n) is 8.87. The topological polar surface area (TPSA) is 92.4 Å². The third kappa shape index (κ3) is 4.22. The number of nitrogens with zero attached hydrogens (tertiary/aromatic N) is 1. The number of hydrogen-bond acceptors (Lipinski definition) is 5. The molecule has 142 valence electrons. The van der Waals surface area contributed by atoms with E-state index in [9.17, 15) is 9.59 Å². The zero-order valence-corrected chi connectivity index (χ0v) is 15.2. The summed E-state index contributed by atoms with van der Waals surface area (Å²) in [6.07, 6.45) is 3.11. The molecule has 0 spiro atoms. The fourth-order valence-electron chi connectivity index (χ4n) is 2.77. The van der Waals surface area contributed by atoms with Crippen molar-refractivity contribution in [2.45, 2.75) is 0 Å². The molecule has 0 aliphatic heterocycles. The average Bonchev–Trinajstić information content (AvgIpc) is 3.15. The molecule has 1 aromatic heterocycles. The Morgan fingerprint density at radius 2 is 1.59 bits per heavy atom. The Balaban J connectivity index is 1.42. The molecule has 6 nitrogen and oxygen atoms in total. The van der Waals surface area contributed by atoms with Gasteiger partial charge in [0.1, 0.15) is 5.52 Å². The van der Waals surface area contributed by atoms with Crippen molar-refractivity contribution in [3.05, 3.63) is 95.6 Å². The third-order valence-corrected chi connectivity index (χ3v) is 4.30. The zero-order valence-electron chi connectivity index (χ0n) is 15.2. The van der Waals surface area contributed by atoms with Gasteiger partial charge in [-0.25, -0.2) is 4.79 Å². The van der Waals surface area contributed by atoms with E-state index in [1.165, 1.54) is 18.2 Å². The number of anilines is 2. The van der Waals surface area contributed by atoms with Crippen molar-refractivity contribution in [2.75, 3.05) is 5.32 Å². The van der Waals surface area contributed by atoms with Crippen molar-refractivity contribution < 1.29 is 19.1 Å². The van der Waals surface area contributed by atoms with Crippen LogP contribution in [0.3, 0.4) is 0 Å². The largest absolute Gasteiger partial charge is 0.478 e. The summed E-state index contributed by atoms with van der Waals surface area (Å²) in [7, 11) is 0. The van der Waals surface area contributed by atoms with E-state index in [0.29, 0.717) is 17.2 Å². The van der Waals surface area contributed by atoms with Crippen LogP contribution in [0.15, 0.2) is 83.3 Å². The van der Waals surface area contributed by atoms with Gasteiger partial charge in [-0.05, 0) is 60.2 Å². The molecule has 6 heteroatoms. The van der Waals surface area contributed by atoms with Crippen molar-refractivity contribution in [1.82, 2.24) is 4.98 Å². The van der Waals surface area contributed by atoms with Gasteiger partial charge in [0.25, 0.3) is 6.01 Å². The van der Waals surface area contributed by atoms with Crippen molar-refractivity contribution in [3.8, 4) is 0 Å². The van der Waals surface area contributed by atoms with Gasteiger partial charge >= 0.3 is 5.97 Å². The Hall–Kier alpha value is -4.19. The van der Waals surface area contributed by atoms with Gasteiger partial charge in [0.2, 0.25) is 0 Å². The molecule has 0 unspecified atom stereocenters. The highest BCUT2D eigenvalue weighted by atomic mass is 16.4. The van der Waals surface area contributed by atoms with Crippen LogP contribution in [0.4, 0.5) is 11.7 Å². The maximum Gasteiger partial charge on any atom is 0.335 e. The number of nitrogens with one attached hydrogen (secondary N) is 1. The maximum absolute atomic E-state index is 12.3. The Morgan fingerprint density at radius 1 is 0.897 bits per heavy atom. The van der Waals surface area contributed by atoms with Crippen LogP contribution in [0, 0.1) is 0 Å². The van der Waals surface area contributed by atoms with Crippen molar-refractivity contribution in [3.63, 3.8) is 0 Å². The average molecular weight is 384 g/mol. The minimum absolute atomic E-state index is 0.152. The fourth-order valence-corrected chi connectivity index (χ4v) is 2.77. The Morgan fingerprint density at radius 3 is 2.28 bits per heavy atom. The van der Waals surface area contributed by atoms with E-state index in [1.54, 1.807) is 42.5 Å². The molecule has 0 aliphatic carbocycles. The number of para-hydroxylation sites is 2. The second-order valence-corrected chi connectivity index (χ2v) is 6.31. The molecule has 0 atom stereocenters. The van der Waals surface area contributed by atoms with Crippen LogP contribution in [-0.4, -0.2) is 21.8 Å². The summed E-state index contributed by atoms with van der Waals surface area (Å²) >= 11 is 0. The first kappa shape index (κ1) is 18.2. The van der Waals surface area contributed by atoms with Gasteiger partial charge < -0.3 is 14.8 Å². The summed E-state index contributed by atoms with van der Waals surface area (Å²) in [5.41, 5.74) is 3.70. The minimum Gasteiger partial charge on any atom is -0.478 e. The summed E-state index contributed by atoms with van der Waals surface area (Å²) in [5.74, 6) is -1.14. The highest BCUT2D eigenvalue weighted by Gasteiger charge is 2.07. The van der Waals surface area contributed by atoms with Gasteiger partial charge in [-0.15, -0.1) is 0 Å². The number of carboxylic acid groups (broad SMARTS) is 1. The smallest absolute Gasteiger partial charge is 0.335 e. The lowest BCUT2D eigenvalue weighted by Crippen LogP contribution is -1.96. The molecule has 0 aliphatic rings. The molecule has 0 bridgehead atoms. The van der Waals surface area contributed by atoms with Crippen LogP contribution in [0.25, 0.3) is 17.2 Å². The van der Waals surface area contributed by atoms with Gasteiger partial charge in [-0.2, -0.15) is 4.98 Å². The maximum atomic E-state index is 12.3. The lowest BCUT2D eigenvalue weighted by atomic mass is 10.1. The lowest BCUT2D eigenvalue weighted by molar-refractivity contribution is 0.0696. The van der Waals surface area contributed by atoms with Crippen molar-refractivity contribution >= 4 is 40.6 Å². The van der Waals surface area contributed by atoms with Crippen molar-refractivity contribution in [1.29, 1.82) is 0 Å². The number of ketones is 1. The van der Waals surface area contributed by atoms with E-state index in [0.717, 1.165) is 16.8 Å². The van der Waals surface area contributed by atoms with Gasteiger partial charge in [-0.1, -0.05) is 30.3 Å². The number of fused-ring (bicyclic) bond motifs is 1. The van der Waals surface area contributed by atoms with Gasteiger partial charge in [0.15, 0.2) is 11.4 Å². The number of carbonyl (C=O) groups excluding carboxylic acids is 1. The van der Waals surface area contributed by atoms with Crippen LogP contribution in [-0.2, 0) is 0 Å². The highest BCUT2D eigenvalue weighted by molar-refractivity contribution is 6.07. The van der Waals surface area contributed by atoms with Crippen molar-refractivity contribution in [2.24, 2.45) is 0 Å². The zero-order chi connectivity index (χ0) is 20.2. The van der Waals surface area contributed by atoms with E-state index in [4.69, 9.17) is 9.52 Å². The minimum atomic E-state index is -0.983. The van der Waals surface area contributed by atoms with Gasteiger partial charge in [0.05, 0.1) is 5.56 Å². The van der Waals surface area contributed by atoms with E-state index in [1.807, 2.05) is 24.3 Å². The fraction of sp³-hybridized carbons (Fsp3) is 0.